The fraction of sp³-hybridized carbons (Fsp3) is 0.467. The summed E-state index contributed by atoms with van der Waals surface area (Å²) in [5.41, 5.74) is 0.870. The third-order valence-corrected chi connectivity index (χ3v) is 3.48. The van der Waals surface area contributed by atoms with Crippen molar-refractivity contribution in [2.45, 2.75) is 32.3 Å². The number of likely N-dealkylation sites (tertiary alicyclic amines) is 1. The number of carbonyl (C=O) groups is 2. The maximum Gasteiger partial charge on any atom is 0.313 e. The fourth-order valence-corrected chi connectivity index (χ4v) is 2.40. The van der Waals surface area contributed by atoms with Crippen LogP contribution in [-0.4, -0.2) is 40.5 Å². The molecule has 0 spiro atoms. The van der Waals surface area contributed by atoms with Crippen molar-refractivity contribution in [3.63, 3.8) is 0 Å². The predicted molar refractivity (Wildman–Crippen MR) is 76.2 cm³/mol. The van der Waals surface area contributed by atoms with Crippen LogP contribution in [0, 0.1) is 6.92 Å². The molecule has 1 aromatic rings. The number of anilines is 1. The molecule has 1 fully saturated rings. The lowest BCUT2D eigenvalue weighted by molar-refractivity contribution is -0.161. The number of β-amino-alcohol motifs (C(OH)–C–C–N with tert-alkyl or cyclic N) is 1. The second kappa shape index (κ2) is 5.63. The van der Waals surface area contributed by atoms with Crippen LogP contribution in [0.15, 0.2) is 24.3 Å². The summed E-state index contributed by atoms with van der Waals surface area (Å²) in [6.45, 7) is 4.40. The molecule has 0 aromatic heterocycles. The number of benzene rings is 1. The van der Waals surface area contributed by atoms with E-state index in [0.29, 0.717) is 12.1 Å². The summed E-state index contributed by atoms with van der Waals surface area (Å²) in [6, 6.07) is 7.24. The zero-order chi connectivity index (χ0) is 14.8. The van der Waals surface area contributed by atoms with Crippen LogP contribution in [-0.2, 0) is 9.59 Å². The van der Waals surface area contributed by atoms with Gasteiger partial charge in [-0.25, -0.2) is 0 Å². The van der Waals surface area contributed by atoms with Gasteiger partial charge in [0.1, 0.15) is 0 Å². The fourth-order valence-electron chi connectivity index (χ4n) is 2.40. The molecule has 0 aliphatic carbocycles. The Morgan fingerprint density at radius 3 is 2.45 bits per heavy atom. The average molecular weight is 276 g/mol. The standard InChI is InChI=1S/C15H20N2O3/c1-3-8-15(20)9-17(10-15)14(19)13(18)16-12-6-4-11(2)5-7-12/h4-7,20H,3,8-10H2,1-2H3,(H,16,18). The second-order valence-electron chi connectivity index (χ2n) is 5.46. The molecule has 2 rings (SSSR count). The Morgan fingerprint density at radius 1 is 1.30 bits per heavy atom. The minimum absolute atomic E-state index is 0.237. The van der Waals surface area contributed by atoms with Crippen molar-refractivity contribution in [2.75, 3.05) is 18.4 Å². The first-order valence-electron chi connectivity index (χ1n) is 6.83. The van der Waals surface area contributed by atoms with Crippen LogP contribution in [0.3, 0.4) is 0 Å². The quantitative estimate of drug-likeness (QED) is 0.818. The highest BCUT2D eigenvalue weighted by molar-refractivity contribution is 6.39. The largest absolute Gasteiger partial charge is 0.386 e. The number of hydrogen-bond acceptors (Lipinski definition) is 3. The van der Waals surface area contributed by atoms with E-state index < -0.39 is 17.4 Å². The average Bonchev–Trinajstić information content (AvgIpc) is 2.38. The molecule has 1 aliphatic heterocycles. The van der Waals surface area contributed by atoms with Crippen molar-refractivity contribution in [1.82, 2.24) is 4.90 Å². The number of aryl methyl sites for hydroxylation is 1. The van der Waals surface area contributed by atoms with Gasteiger partial charge >= 0.3 is 11.8 Å². The zero-order valence-corrected chi connectivity index (χ0v) is 11.8. The lowest BCUT2D eigenvalue weighted by Crippen LogP contribution is -2.65. The first kappa shape index (κ1) is 14.5. The highest BCUT2D eigenvalue weighted by atomic mass is 16.3. The lowest BCUT2D eigenvalue weighted by atomic mass is 9.89. The Hall–Kier alpha value is -1.88. The number of aliphatic hydroxyl groups is 1. The second-order valence-corrected chi connectivity index (χ2v) is 5.46. The van der Waals surface area contributed by atoms with Crippen LogP contribution in [0.25, 0.3) is 0 Å². The van der Waals surface area contributed by atoms with E-state index in [2.05, 4.69) is 5.32 Å². The first-order chi connectivity index (χ1) is 9.43. The lowest BCUT2D eigenvalue weighted by Gasteiger charge is -2.46. The topological polar surface area (TPSA) is 69.6 Å². The van der Waals surface area contributed by atoms with Crippen LogP contribution >= 0.6 is 0 Å². The molecule has 2 N–H and O–H groups in total. The van der Waals surface area contributed by atoms with Crippen molar-refractivity contribution in [3.8, 4) is 0 Å². The van der Waals surface area contributed by atoms with Gasteiger partial charge in [-0.3, -0.25) is 9.59 Å². The monoisotopic (exact) mass is 276 g/mol. The molecule has 1 saturated heterocycles. The molecule has 5 nitrogen and oxygen atoms in total. The van der Waals surface area contributed by atoms with Gasteiger partial charge in [-0.2, -0.15) is 0 Å². The minimum Gasteiger partial charge on any atom is -0.386 e. The molecule has 20 heavy (non-hydrogen) atoms. The van der Waals surface area contributed by atoms with Gasteiger partial charge in [-0.15, -0.1) is 0 Å². The Kier molecular flexibility index (Phi) is 4.09. The van der Waals surface area contributed by atoms with Gasteiger partial charge in [-0.05, 0) is 25.5 Å². The molecular weight excluding hydrogens is 256 g/mol. The van der Waals surface area contributed by atoms with Crippen LogP contribution in [0.4, 0.5) is 5.69 Å². The smallest absolute Gasteiger partial charge is 0.313 e. The SMILES string of the molecule is CCCC1(O)CN(C(=O)C(=O)Nc2ccc(C)cc2)C1. The first-order valence-corrected chi connectivity index (χ1v) is 6.83. The summed E-state index contributed by atoms with van der Waals surface area (Å²) < 4.78 is 0. The maximum atomic E-state index is 11.9. The van der Waals surface area contributed by atoms with Crippen LogP contribution < -0.4 is 5.32 Å². The summed E-state index contributed by atoms with van der Waals surface area (Å²) in [7, 11) is 0. The number of carbonyl (C=O) groups excluding carboxylic acids is 2. The van der Waals surface area contributed by atoms with Gasteiger partial charge in [0.15, 0.2) is 0 Å². The Balaban J connectivity index is 1.88. The highest BCUT2D eigenvalue weighted by Gasteiger charge is 2.44. The number of amides is 2. The molecular formula is C15H20N2O3. The van der Waals surface area contributed by atoms with Crippen molar-refractivity contribution in [3.05, 3.63) is 29.8 Å². The summed E-state index contributed by atoms with van der Waals surface area (Å²) in [6.07, 6.45) is 1.50. The highest BCUT2D eigenvalue weighted by Crippen LogP contribution is 2.25. The predicted octanol–water partition coefficient (Wildman–Crippen LogP) is 1.31. The van der Waals surface area contributed by atoms with E-state index in [1.807, 2.05) is 26.0 Å². The van der Waals surface area contributed by atoms with Gasteiger partial charge in [0.05, 0.1) is 18.7 Å². The minimum atomic E-state index is -0.811. The molecule has 0 radical (unpaired) electrons. The van der Waals surface area contributed by atoms with Crippen LogP contribution in [0.1, 0.15) is 25.3 Å². The Bertz CT molecular complexity index is 504. The van der Waals surface area contributed by atoms with Crippen molar-refractivity contribution >= 4 is 17.5 Å². The molecule has 1 heterocycles. The van der Waals surface area contributed by atoms with Gasteiger partial charge in [0, 0.05) is 5.69 Å². The van der Waals surface area contributed by atoms with Crippen molar-refractivity contribution < 1.29 is 14.7 Å². The molecule has 2 amide bonds. The summed E-state index contributed by atoms with van der Waals surface area (Å²) >= 11 is 0. The van der Waals surface area contributed by atoms with Gasteiger partial charge in [-0.1, -0.05) is 31.0 Å². The molecule has 5 heteroatoms. The number of nitrogens with one attached hydrogen (secondary N) is 1. The Labute approximate surface area is 118 Å². The normalized spacial score (nSPS) is 16.4. The summed E-state index contributed by atoms with van der Waals surface area (Å²) in [4.78, 5) is 25.1. The van der Waals surface area contributed by atoms with Gasteiger partial charge < -0.3 is 15.3 Å². The van der Waals surface area contributed by atoms with E-state index >= 15 is 0 Å². The van der Waals surface area contributed by atoms with E-state index in [1.165, 1.54) is 4.90 Å². The van der Waals surface area contributed by atoms with Crippen LogP contribution in [0.5, 0.6) is 0 Å². The molecule has 1 aliphatic rings. The van der Waals surface area contributed by atoms with E-state index in [0.717, 1.165) is 12.0 Å². The van der Waals surface area contributed by atoms with Gasteiger partial charge in [0.2, 0.25) is 0 Å². The number of nitrogens with zero attached hydrogens (tertiary/aromatic N) is 1. The molecule has 108 valence electrons. The van der Waals surface area contributed by atoms with Gasteiger partial charge in [0.25, 0.3) is 0 Å². The summed E-state index contributed by atoms with van der Waals surface area (Å²) in [5, 5.41) is 12.6. The Morgan fingerprint density at radius 2 is 1.90 bits per heavy atom. The molecule has 0 saturated carbocycles. The van der Waals surface area contributed by atoms with Crippen molar-refractivity contribution in [2.24, 2.45) is 0 Å². The molecule has 0 unspecified atom stereocenters. The maximum absolute atomic E-state index is 11.9. The number of hydrogen-bond donors (Lipinski definition) is 2. The third-order valence-electron chi connectivity index (χ3n) is 3.48. The van der Waals surface area contributed by atoms with E-state index in [1.54, 1.807) is 12.1 Å². The van der Waals surface area contributed by atoms with E-state index in [4.69, 9.17) is 0 Å². The third kappa shape index (κ3) is 3.17. The van der Waals surface area contributed by atoms with E-state index in [9.17, 15) is 14.7 Å². The molecule has 0 bridgehead atoms. The molecule has 1 aromatic carbocycles. The van der Waals surface area contributed by atoms with Crippen molar-refractivity contribution in [1.29, 1.82) is 0 Å². The molecule has 0 atom stereocenters. The van der Waals surface area contributed by atoms with E-state index in [-0.39, 0.29) is 13.1 Å². The van der Waals surface area contributed by atoms with Crippen LogP contribution in [0.2, 0.25) is 0 Å². The number of rotatable bonds is 3. The zero-order valence-electron chi connectivity index (χ0n) is 11.8. The summed E-state index contributed by atoms with van der Waals surface area (Å²) in [5.74, 6) is -1.25.